The Labute approximate surface area is 94.4 Å². The summed E-state index contributed by atoms with van der Waals surface area (Å²) in [6.07, 6.45) is 3.07. The lowest BCUT2D eigenvalue weighted by Crippen LogP contribution is -2.17. The van der Waals surface area contributed by atoms with Crippen LogP contribution >= 0.6 is 0 Å². The molecule has 1 aliphatic rings. The summed E-state index contributed by atoms with van der Waals surface area (Å²) < 4.78 is 7.41. The minimum absolute atomic E-state index is 0.177. The molecule has 1 saturated heterocycles. The van der Waals surface area contributed by atoms with Crippen LogP contribution in [0, 0.1) is 18.3 Å². The zero-order valence-corrected chi connectivity index (χ0v) is 9.27. The molecule has 1 atom stereocenters. The summed E-state index contributed by atoms with van der Waals surface area (Å²) in [5, 5.41) is 8.90. The van der Waals surface area contributed by atoms with Crippen LogP contribution in [0.3, 0.4) is 0 Å². The monoisotopic (exact) mass is 218 g/mol. The highest BCUT2D eigenvalue weighted by Crippen LogP contribution is 2.19. The number of aromatic nitrogens is 1. The SMILES string of the molecule is Cc1c(C#N)cc(C=O)n1C[C@H]1CCCO1. The van der Waals surface area contributed by atoms with E-state index in [-0.39, 0.29) is 6.10 Å². The van der Waals surface area contributed by atoms with Crippen LogP contribution in [0.25, 0.3) is 0 Å². The Morgan fingerprint density at radius 3 is 3.12 bits per heavy atom. The quantitative estimate of drug-likeness (QED) is 0.725. The predicted octanol–water partition coefficient (Wildman–Crippen LogP) is 1.66. The molecule has 0 unspecified atom stereocenters. The molecule has 0 saturated carbocycles. The first-order valence-electron chi connectivity index (χ1n) is 5.43. The van der Waals surface area contributed by atoms with Gasteiger partial charge in [-0.25, -0.2) is 0 Å². The van der Waals surface area contributed by atoms with E-state index >= 15 is 0 Å². The number of nitriles is 1. The Kier molecular flexibility index (Phi) is 3.07. The van der Waals surface area contributed by atoms with E-state index in [1.165, 1.54) is 0 Å². The van der Waals surface area contributed by atoms with Gasteiger partial charge in [-0.05, 0) is 25.8 Å². The Bertz CT molecular complexity index is 437. The van der Waals surface area contributed by atoms with Gasteiger partial charge in [-0.2, -0.15) is 5.26 Å². The summed E-state index contributed by atoms with van der Waals surface area (Å²) >= 11 is 0. The standard InChI is InChI=1S/C12H14N2O2/c1-9-10(6-13)5-11(8-15)14(9)7-12-3-2-4-16-12/h5,8,12H,2-4,7H2,1H3/t12-/m1/s1. The van der Waals surface area contributed by atoms with Crippen LogP contribution in [-0.2, 0) is 11.3 Å². The number of rotatable bonds is 3. The summed E-state index contributed by atoms with van der Waals surface area (Å²) in [4.78, 5) is 10.9. The van der Waals surface area contributed by atoms with Crippen molar-refractivity contribution < 1.29 is 9.53 Å². The normalized spacial score (nSPS) is 19.6. The maximum Gasteiger partial charge on any atom is 0.166 e. The molecule has 0 radical (unpaired) electrons. The first kappa shape index (κ1) is 10.9. The van der Waals surface area contributed by atoms with E-state index in [1.54, 1.807) is 6.07 Å². The summed E-state index contributed by atoms with van der Waals surface area (Å²) in [7, 11) is 0. The van der Waals surface area contributed by atoms with E-state index in [1.807, 2.05) is 11.5 Å². The summed E-state index contributed by atoms with van der Waals surface area (Å²) in [6.45, 7) is 3.33. The fourth-order valence-corrected chi connectivity index (χ4v) is 2.11. The third-order valence-corrected chi connectivity index (χ3v) is 3.05. The lowest BCUT2D eigenvalue weighted by Gasteiger charge is -2.13. The van der Waals surface area contributed by atoms with Gasteiger partial charge in [0.15, 0.2) is 6.29 Å². The summed E-state index contributed by atoms with van der Waals surface area (Å²) in [5.41, 5.74) is 1.98. The Balaban J connectivity index is 2.27. The molecule has 1 aliphatic heterocycles. The second-order valence-corrected chi connectivity index (χ2v) is 4.04. The van der Waals surface area contributed by atoms with Crippen LogP contribution in [0.4, 0.5) is 0 Å². The van der Waals surface area contributed by atoms with E-state index in [2.05, 4.69) is 6.07 Å². The van der Waals surface area contributed by atoms with Gasteiger partial charge < -0.3 is 9.30 Å². The molecule has 1 aromatic rings. The van der Waals surface area contributed by atoms with Crippen molar-refractivity contribution in [3.8, 4) is 6.07 Å². The van der Waals surface area contributed by atoms with Gasteiger partial charge in [-0.1, -0.05) is 0 Å². The lowest BCUT2D eigenvalue weighted by molar-refractivity contribution is 0.0948. The van der Waals surface area contributed by atoms with Crippen molar-refractivity contribution in [2.24, 2.45) is 0 Å². The molecule has 1 fully saturated rings. The van der Waals surface area contributed by atoms with Gasteiger partial charge in [0.2, 0.25) is 0 Å². The number of carbonyl (C=O) groups is 1. The number of hydrogen-bond donors (Lipinski definition) is 0. The van der Waals surface area contributed by atoms with Crippen molar-refractivity contribution in [2.75, 3.05) is 6.61 Å². The van der Waals surface area contributed by atoms with Gasteiger partial charge in [-0.3, -0.25) is 4.79 Å². The maximum atomic E-state index is 10.9. The summed E-state index contributed by atoms with van der Waals surface area (Å²) in [5.74, 6) is 0. The molecule has 2 heterocycles. The molecule has 2 rings (SSSR count). The predicted molar refractivity (Wildman–Crippen MR) is 58.2 cm³/mol. The minimum Gasteiger partial charge on any atom is -0.376 e. The van der Waals surface area contributed by atoms with Crippen molar-refractivity contribution in [1.29, 1.82) is 5.26 Å². The van der Waals surface area contributed by atoms with E-state index in [0.717, 1.165) is 31.4 Å². The van der Waals surface area contributed by atoms with Crippen LogP contribution in [-0.4, -0.2) is 23.6 Å². The highest BCUT2D eigenvalue weighted by atomic mass is 16.5. The third kappa shape index (κ3) is 1.86. The van der Waals surface area contributed by atoms with E-state index in [9.17, 15) is 4.79 Å². The zero-order valence-electron chi connectivity index (χ0n) is 9.27. The molecule has 4 heteroatoms. The van der Waals surface area contributed by atoms with Crippen molar-refractivity contribution in [3.63, 3.8) is 0 Å². The van der Waals surface area contributed by atoms with Gasteiger partial charge in [-0.15, -0.1) is 0 Å². The lowest BCUT2D eigenvalue weighted by atomic mass is 10.2. The number of nitrogens with zero attached hydrogens (tertiary/aromatic N) is 2. The van der Waals surface area contributed by atoms with Crippen LogP contribution in [0.15, 0.2) is 6.07 Å². The molecule has 1 aromatic heterocycles. The second-order valence-electron chi connectivity index (χ2n) is 4.04. The maximum absolute atomic E-state index is 10.9. The van der Waals surface area contributed by atoms with Gasteiger partial charge in [0.25, 0.3) is 0 Å². The largest absolute Gasteiger partial charge is 0.376 e. The number of aldehydes is 1. The van der Waals surface area contributed by atoms with E-state index in [4.69, 9.17) is 10.00 Å². The van der Waals surface area contributed by atoms with E-state index in [0.29, 0.717) is 17.8 Å². The molecule has 4 nitrogen and oxygen atoms in total. The molecule has 0 N–H and O–H groups in total. The molecule has 0 bridgehead atoms. The molecule has 0 aromatic carbocycles. The highest BCUT2D eigenvalue weighted by molar-refractivity contribution is 5.74. The molecule has 84 valence electrons. The number of hydrogen-bond acceptors (Lipinski definition) is 3. The van der Waals surface area contributed by atoms with Crippen molar-refractivity contribution in [1.82, 2.24) is 4.57 Å². The van der Waals surface area contributed by atoms with Gasteiger partial charge in [0.1, 0.15) is 6.07 Å². The van der Waals surface area contributed by atoms with Crippen LogP contribution in [0.5, 0.6) is 0 Å². The number of ether oxygens (including phenoxy) is 1. The van der Waals surface area contributed by atoms with Gasteiger partial charge in [0.05, 0.1) is 17.4 Å². The number of carbonyl (C=O) groups excluding carboxylic acids is 1. The summed E-state index contributed by atoms with van der Waals surface area (Å²) in [6, 6.07) is 3.73. The van der Waals surface area contributed by atoms with E-state index < -0.39 is 0 Å². The Morgan fingerprint density at radius 2 is 2.56 bits per heavy atom. The van der Waals surface area contributed by atoms with Gasteiger partial charge >= 0.3 is 0 Å². The van der Waals surface area contributed by atoms with Crippen LogP contribution in [0.1, 0.15) is 34.6 Å². The van der Waals surface area contributed by atoms with Crippen molar-refractivity contribution in [2.45, 2.75) is 32.4 Å². The second kappa shape index (κ2) is 4.50. The highest BCUT2D eigenvalue weighted by Gasteiger charge is 2.19. The Hall–Kier alpha value is -1.60. The molecule has 0 amide bonds. The topological polar surface area (TPSA) is 55.0 Å². The molecule has 0 spiro atoms. The van der Waals surface area contributed by atoms with Crippen LogP contribution in [0.2, 0.25) is 0 Å². The zero-order chi connectivity index (χ0) is 11.5. The average Bonchev–Trinajstić information content (AvgIpc) is 2.89. The van der Waals surface area contributed by atoms with Crippen molar-refractivity contribution >= 4 is 6.29 Å². The molecule has 0 aliphatic carbocycles. The first-order valence-corrected chi connectivity index (χ1v) is 5.43. The molecular weight excluding hydrogens is 204 g/mol. The molecule has 16 heavy (non-hydrogen) atoms. The fraction of sp³-hybridized carbons (Fsp3) is 0.500. The van der Waals surface area contributed by atoms with Crippen molar-refractivity contribution in [3.05, 3.63) is 23.0 Å². The smallest absolute Gasteiger partial charge is 0.166 e. The molecular formula is C12H14N2O2. The Morgan fingerprint density at radius 1 is 1.75 bits per heavy atom. The minimum atomic E-state index is 0.177. The average molecular weight is 218 g/mol. The first-order chi connectivity index (χ1) is 7.76. The third-order valence-electron chi connectivity index (χ3n) is 3.05. The van der Waals surface area contributed by atoms with Crippen LogP contribution < -0.4 is 0 Å². The fourth-order valence-electron chi connectivity index (χ4n) is 2.11. The van der Waals surface area contributed by atoms with Gasteiger partial charge in [0, 0.05) is 18.8 Å².